The highest BCUT2D eigenvalue weighted by atomic mass is 35.5. The van der Waals surface area contributed by atoms with Gasteiger partial charge in [0.05, 0.1) is 5.41 Å². The molecule has 128 valence electrons. The van der Waals surface area contributed by atoms with Gasteiger partial charge in [0.15, 0.2) is 0 Å². The zero-order valence-electron chi connectivity index (χ0n) is 13.9. The maximum Gasteiger partial charge on any atom is 0.286 e. The van der Waals surface area contributed by atoms with Gasteiger partial charge < -0.3 is 4.98 Å². The van der Waals surface area contributed by atoms with Gasteiger partial charge in [0, 0.05) is 15.9 Å². The number of nitrogens with one attached hydrogen (secondary N) is 3. The zero-order chi connectivity index (χ0) is 18.0. The first-order chi connectivity index (χ1) is 11.9. The van der Waals surface area contributed by atoms with E-state index < -0.39 is 11.3 Å². The summed E-state index contributed by atoms with van der Waals surface area (Å²) < 4.78 is 0. The van der Waals surface area contributed by atoms with E-state index in [9.17, 15) is 9.59 Å². The van der Waals surface area contributed by atoms with E-state index in [1.165, 1.54) is 0 Å². The van der Waals surface area contributed by atoms with Crippen molar-refractivity contribution in [1.29, 1.82) is 0 Å². The molecule has 3 N–H and O–H groups in total. The Hall–Kier alpha value is -2.79. The molecule has 0 saturated heterocycles. The minimum Gasteiger partial charge on any atom is -0.350 e. The van der Waals surface area contributed by atoms with Gasteiger partial charge in [-0.25, -0.2) is 0 Å². The number of halogens is 1. The molecule has 25 heavy (non-hydrogen) atoms. The van der Waals surface area contributed by atoms with E-state index in [4.69, 9.17) is 11.6 Å². The predicted molar refractivity (Wildman–Crippen MR) is 98.4 cm³/mol. The molecule has 6 heteroatoms. The molecule has 0 spiro atoms. The molecule has 0 aliphatic heterocycles. The highest BCUT2D eigenvalue weighted by Gasteiger charge is 2.30. The quantitative estimate of drug-likeness (QED) is 0.628. The van der Waals surface area contributed by atoms with Crippen LogP contribution in [0.4, 0.5) is 0 Å². The number of carbonyl (C=O) groups excluding carboxylic acids is 2. The second-order valence-electron chi connectivity index (χ2n) is 6.31. The first-order valence-electron chi connectivity index (χ1n) is 7.82. The van der Waals surface area contributed by atoms with Crippen molar-refractivity contribution in [2.24, 2.45) is 0 Å². The summed E-state index contributed by atoms with van der Waals surface area (Å²) >= 11 is 5.95. The molecule has 2 aromatic carbocycles. The van der Waals surface area contributed by atoms with Crippen molar-refractivity contribution >= 4 is 34.3 Å². The number of benzene rings is 2. The minimum absolute atomic E-state index is 0.300. The van der Waals surface area contributed by atoms with Crippen LogP contribution >= 0.6 is 11.6 Å². The van der Waals surface area contributed by atoms with Crippen LogP contribution in [0.15, 0.2) is 54.6 Å². The van der Waals surface area contributed by atoms with Crippen LogP contribution in [0.25, 0.3) is 10.9 Å². The summed E-state index contributed by atoms with van der Waals surface area (Å²) in [6.45, 7) is 3.60. The Balaban J connectivity index is 1.69. The van der Waals surface area contributed by atoms with Crippen LogP contribution in [-0.4, -0.2) is 16.8 Å². The van der Waals surface area contributed by atoms with Crippen LogP contribution in [-0.2, 0) is 10.2 Å². The minimum atomic E-state index is -0.775. The number of aromatic nitrogens is 1. The molecule has 3 aromatic rings. The Bertz CT molecular complexity index is 932. The standard InChI is InChI=1S/C19H18ClN3O2/c1-19(2,13-6-4-3-5-7-13)18(25)23-22-17(24)16-11-12-10-14(20)8-9-15(12)21-16/h3-11,21H,1-2H3,(H,22,24)(H,23,25). The number of hydrogen-bond acceptors (Lipinski definition) is 2. The molecular weight excluding hydrogens is 338 g/mol. The lowest BCUT2D eigenvalue weighted by Crippen LogP contribution is -2.49. The lowest BCUT2D eigenvalue weighted by atomic mass is 9.84. The fourth-order valence-corrected chi connectivity index (χ4v) is 2.73. The van der Waals surface area contributed by atoms with Crippen molar-refractivity contribution in [2.75, 3.05) is 0 Å². The largest absolute Gasteiger partial charge is 0.350 e. The number of H-pyrrole nitrogens is 1. The average molecular weight is 356 g/mol. The van der Waals surface area contributed by atoms with Crippen molar-refractivity contribution in [2.45, 2.75) is 19.3 Å². The molecule has 0 aliphatic carbocycles. The first kappa shape index (κ1) is 17.0. The number of rotatable bonds is 3. The van der Waals surface area contributed by atoms with E-state index in [2.05, 4.69) is 15.8 Å². The normalized spacial score (nSPS) is 11.3. The summed E-state index contributed by atoms with van der Waals surface area (Å²) in [5.74, 6) is -0.726. The number of carbonyl (C=O) groups is 2. The lowest BCUT2D eigenvalue weighted by Gasteiger charge is -2.24. The molecule has 0 radical (unpaired) electrons. The molecular formula is C19H18ClN3O2. The number of hydrogen-bond donors (Lipinski definition) is 3. The van der Waals surface area contributed by atoms with Gasteiger partial charge in [0.25, 0.3) is 5.91 Å². The van der Waals surface area contributed by atoms with Gasteiger partial charge in [-0.05, 0) is 43.7 Å². The molecule has 0 atom stereocenters. The van der Waals surface area contributed by atoms with Gasteiger partial charge in [-0.1, -0.05) is 41.9 Å². The third-order valence-corrected chi connectivity index (χ3v) is 4.42. The smallest absolute Gasteiger partial charge is 0.286 e. The van der Waals surface area contributed by atoms with E-state index in [-0.39, 0.29) is 5.91 Å². The van der Waals surface area contributed by atoms with Crippen molar-refractivity contribution in [1.82, 2.24) is 15.8 Å². The molecule has 0 bridgehead atoms. The van der Waals surface area contributed by atoms with Crippen molar-refractivity contribution in [3.63, 3.8) is 0 Å². The fourth-order valence-electron chi connectivity index (χ4n) is 2.55. The van der Waals surface area contributed by atoms with Gasteiger partial charge in [-0.3, -0.25) is 20.4 Å². The van der Waals surface area contributed by atoms with Crippen LogP contribution in [0, 0.1) is 0 Å². The van der Waals surface area contributed by atoms with Gasteiger partial charge in [0.1, 0.15) is 5.69 Å². The Labute approximate surface area is 150 Å². The van der Waals surface area contributed by atoms with Gasteiger partial charge >= 0.3 is 0 Å². The van der Waals surface area contributed by atoms with E-state index in [0.29, 0.717) is 10.7 Å². The summed E-state index contributed by atoms with van der Waals surface area (Å²) in [5.41, 5.74) is 6.17. The SMILES string of the molecule is CC(C)(C(=O)NNC(=O)c1cc2cc(Cl)ccc2[nH]1)c1ccccc1. The van der Waals surface area contributed by atoms with Crippen LogP contribution in [0.3, 0.4) is 0 Å². The third kappa shape index (κ3) is 3.51. The summed E-state index contributed by atoms with van der Waals surface area (Å²) in [5, 5.41) is 1.42. The van der Waals surface area contributed by atoms with E-state index in [0.717, 1.165) is 16.5 Å². The number of fused-ring (bicyclic) bond motifs is 1. The average Bonchev–Trinajstić information content (AvgIpc) is 3.03. The van der Waals surface area contributed by atoms with Crippen molar-refractivity contribution in [3.8, 4) is 0 Å². The second kappa shape index (κ2) is 6.61. The maximum atomic E-state index is 12.5. The number of hydrazine groups is 1. The monoisotopic (exact) mass is 355 g/mol. The van der Waals surface area contributed by atoms with Crippen LogP contribution in [0.1, 0.15) is 29.9 Å². The summed E-state index contributed by atoms with van der Waals surface area (Å²) in [4.78, 5) is 27.7. The molecule has 5 nitrogen and oxygen atoms in total. The molecule has 0 unspecified atom stereocenters. The Morgan fingerprint density at radius 1 is 1.00 bits per heavy atom. The van der Waals surface area contributed by atoms with Crippen LogP contribution in [0.2, 0.25) is 5.02 Å². The number of aromatic amines is 1. The summed E-state index contributed by atoms with van der Waals surface area (Å²) in [7, 11) is 0. The predicted octanol–water partition coefficient (Wildman–Crippen LogP) is 3.56. The highest BCUT2D eigenvalue weighted by molar-refractivity contribution is 6.31. The molecule has 0 fully saturated rings. The molecule has 2 amide bonds. The Kier molecular flexibility index (Phi) is 4.51. The van der Waals surface area contributed by atoms with Gasteiger partial charge in [-0.2, -0.15) is 0 Å². The second-order valence-corrected chi connectivity index (χ2v) is 6.75. The van der Waals surface area contributed by atoms with E-state index >= 15 is 0 Å². The van der Waals surface area contributed by atoms with Crippen LogP contribution in [0.5, 0.6) is 0 Å². The molecule has 1 heterocycles. The highest BCUT2D eigenvalue weighted by Crippen LogP contribution is 2.23. The zero-order valence-corrected chi connectivity index (χ0v) is 14.6. The fraction of sp³-hybridized carbons (Fsp3) is 0.158. The topological polar surface area (TPSA) is 74.0 Å². The van der Waals surface area contributed by atoms with Gasteiger partial charge in [-0.15, -0.1) is 0 Å². The Morgan fingerprint density at radius 3 is 2.44 bits per heavy atom. The third-order valence-electron chi connectivity index (χ3n) is 4.18. The van der Waals surface area contributed by atoms with E-state index in [1.807, 2.05) is 30.3 Å². The summed E-state index contributed by atoms with van der Waals surface area (Å²) in [6, 6.07) is 16.4. The molecule has 1 aromatic heterocycles. The lowest BCUT2D eigenvalue weighted by molar-refractivity contribution is -0.126. The van der Waals surface area contributed by atoms with Crippen molar-refractivity contribution < 1.29 is 9.59 Å². The maximum absolute atomic E-state index is 12.5. The first-order valence-corrected chi connectivity index (χ1v) is 8.20. The molecule has 0 aliphatic rings. The van der Waals surface area contributed by atoms with E-state index in [1.54, 1.807) is 38.1 Å². The Morgan fingerprint density at radius 2 is 1.72 bits per heavy atom. The van der Waals surface area contributed by atoms with Crippen LogP contribution < -0.4 is 10.9 Å². The summed E-state index contributed by atoms with van der Waals surface area (Å²) in [6.07, 6.45) is 0. The molecule has 3 rings (SSSR count). The number of amides is 2. The van der Waals surface area contributed by atoms with Crippen molar-refractivity contribution in [3.05, 3.63) is 70.9 Å². The van der Waals surface area contributed by atoms with Gasteiger partial charge in [0.2, 0.25) is 5.91 Å². The molecule has 0 saturated carbocycles.